The molecule has 0 radical (unpaired) electrons. The maximum Gasteiger partial charge on any atom is 0.247 e. The van der Waals surface area contributed by atoms with Crippen LogP contribution in [0.4, 0.5) is 0 Å². The number of likely N-dealkylation sites (N-methyl/N-ethyl adjacent to an activating group) is 1. The molecule has 0 saturated carbocycles. The molecule has 0 unspecified atom stereocenters. The summed E-state index contributed by atoms with van der Waals surface area (Å²) in [5, 5.41) is 17.5. The smallest absolute Gasteiger partial charge is 0.247 e. The van der Waals surface area contributed by atoms with Gasteiger partial charge in [-0.3, -0.25) is 19.6 Å². The zero-order chi connectivity index (χ0) is 20.4. The first kappa shape index (κ1) is 22.9. The highest BCUT2D eigenvalue weighted by Crippen LogP contribution is 2.18. The number of nitrogens with zero attached hydrogens (tertiary/aromatic N) is 1. The lowest BCUT2D eigenvalue weighted by Crippen LogP contribution is -2.49. The molecule has 1 aromatic rings. The molecule has 2 atom stereocenters. The third-order valence-electron chi connectivity index (χ3n) is 4.00. The molecule has 7 nitrogen and oxygen atoms in total. The van der Waals surface area contributed by atoms with Gasteiger partial charge in [0.25, 0.3) is 0 Å². The molecule has 150 valence electrons. The van der Waals surface area contributed by atoms with Gasteiger partial charge in [0, 0.05) is 30.7 Å². The van der Waals surface area contributed by atoms with E-state index in [9.17, 15) is 19.6 Å². The molecule has 1 rings (SSSR count). The van der Waals surface area contributed by atoms with Crippen LogP contribution in [0.15, 0.2) is 30.2 Å². The Morgan fingerprint density at radius 1 is 1.33 bits per heavy atom. The van der Waals surface area contributed by atoms with Crippen molar-refractivity contribution in [2.75, 3.05) is 13.6 Å². The van der Waals surface area contributed by atoms with E-state index in [4.69, 9.17) is 0 Å². The van der Waals surface area contributed by atoms with Crippen LogP contribution < -0.4 is 10.6 Å². The molecular formula is C19H29N3O4S. The van der Waals surface area contributed by atoms with Crippen molar-refractivity contribution in [2.24, 2.45) is 11.8 Å². The molecule has 0 aliphatic rings. The minimum Gasteiger partial charge on any atom is -0.357 e. The zero-order valence-corrected chi connectivity index (χ0v) is 16.9. The van der Waals surface area contributed by atoms with E-state index >= 15 is 0 Å². The normalized spacial score (nSPS) is 12.9. The SMILES string of the molecule is C=CCN(O)C(=O)C[C@@H](CC(C)C)C(=O)N[C@@H](Cc1cccs1)C(=O)NC. The topological polar surface area (TPSA) is 98.7 Å². The molecule has 0 fully saturated rings. The van der Waals surface area contributed by atoms with Gasteiger partial charge in [-0.2, -0.15) is 0 Å². The van der Waals surface area contributed by atoms with Crippen molar-refractivity contribution < 1.29 is 19.6 Å². The van der Waals surface area contributed by atoms with Crippen LogP contribution >= 0.6 is 11.3 Å². The second kappa shape index (κ2) is 11.5. The van der Waals surface area contributed by atoms with Crippen molar-refractivity contribution in [3.8, 4) is 0 Å². The summed E-state index contributed by atoms with van der Waals surface area (Å²) in [6.07, 6.45) is 2.12. The second-order valence-corrected chi connectivity index (χ2v) is 7.79. The van der Waals surface area contributed by atoms with Crippen LogP contribution in [0.2, 0.25) is 0 Å². The van der Waals surface area contributed by atoms with Gasteiger partial charge in [-0.15, -0.1) is 17.9 Å². The van der Waals surface area contributed by atoms with E-state index in [1.165, 1.54) is 24.5 Å². The second-order valence-electron chi connectivity index (χ2n) is 6.75. The number of nitrogens with one attached hydrogen (secondary N) is 2. The van der Waals surface area contributed by atoms with E-state index in [0.29, 0.717) is 17.9 Å². The number of carbonyl (C=O) groups is 3. The van der Waals surface area contributed by atoms with Gasteiger partial charge in [0.15, 0.2) is 0 Å². The number of hydroxylamine groups is 2. The molecule has 27 heavy (non-hydrogen) atoms. The van der Waals surface area contributed by atoms with Gasteiger partial charge in [0.2, 0.25) is 17.7 Å². The third-order valence-corrected chi connectivity index (χ3v) is 4.90. The number of carbonyl (C=O) groups excluding carboxylic acids is 3. The highest BCUT2D eigenvalue weighted by atomic mass is 32.1. The Morgan fingerprint density at radius 2 is 2.04 bits per heavy atom. The van der Waals surface area contributed by atoms with Gasteiger partial charge in [-0.1, -0.05) is 26.0 Å². The Balaban J connectivity index is 2.85. The van der Waals surface area contributed by atoms with Crippen molar-refractivity contribution in [3.05, 3.63) is 35.0 Å². The molecule has 0 bridgehead atoms. The van der Waals surface area contributed by atoms with Crippen molar-refractivity contribution in [3.63, 3.8) is 0 Å². The van der Waals surface area contributed by atoms with Crippen molar-refractivity contribution >= 4 is 29.1 Å². The Labute approximate surface area is 164 Å². The highest BCUT2D eigenvalue weighted by molar-refractivity contribution is 7.09. The van der Waals surface area contributed by atoms with Crippen molar-refractivity contribution in [2.45, 2.75) is 39.2 Å². The molecule has 3 N–H and O–H groups in total. The predicted molar refractivity (Wildman–Crippen MR) is 105 cm³/mol. The van der Waals surface area contributed by atoms with E-state index in [1.54, 1.807) is 0 Å². The lowest BCUT2D eigenvalue weighted by atomic mass is 9.92. The van der Waals surface area contributed by atoms with Gasteiger partial charge in [-0.05, 0) is 23.8 Å². The monoisotopic (exact) mass is 395 g/mol. The Kier molecular flexibility index (Phi) is 9.74. The van der Waals surface area contributed by atoms with Crippen LogP contribution in [0.5, 0.6) is 0 Å². The Bertz CT molecular complexity index is 631. The maximum absolute atomic E-state index is 12.8. The first-order chi connectivity index (χ1) is 12.8. The molecule has 0 saturated heterocycles. The van der Waals surface area contributed by atoms with Crippen LogP contribution in [0.3, 0.4) is 0 Å². The third kappa shape index (κ3) is 7.92. The number of rotatable bonds is 11. The van der Waals surface area contributed by atoms with E-state index < -0.39 is 17.9 Å². The van der Waals surface area contributed by atoms with Gasteiger partial charge in [-0.25, -0.2) is 5.06 Å². The molecular weight excluding hydrogens is 366 g/mol. The molecule has 0 aromatic carbocycles. The van der Waals surface area contributed by atoms with Crippen LogP contribution in [0.25, 0.3) is 0 Å². The molecule has 0 aliphatic carbocycles. The summed E-state index contributed by atoms with van der Waals surface area (Å²) in [5.74, 6) is -1.66. The molecule has 1 heterocycles. The standard InChI is InChI=1S/C19H29N3O4S/c1-5-8-22(26)17(23)11-14(10-13(2)3)18(24)21-16(19(25)20-4)12-15-7-6-9-27-15/h5-7,9,13-14,16,26H,1,8,10-12H2,2-4H3,(H,20,25)(H,21,24)/t14-,16+/m1/s1. The van der Waals surface area contributed by atoms with Crippen LogP contribution in [0, 0.1) is 11.8 Å². The largest absolute Gasteiger partial charge is 0.357 e. The fourth-order valence-corrected chi connectivity index (χ4v) is 3.45. The van der Waals surface area contributed by atoms with Crippen molar-refractivity contribution in [1.29, 1.82) is 0 Å². The van der Waals surface area contributed by atoms with Gasteiger partial charge >= 0.3 is 0 Å². The fraction of sp³-hybridized carbons (Fsp3) is 0.526. The predicted octanol–water partition coefficient (Wildman–Crippen LogP) is 1.98. The van der Waals surface area contributed by atoms with Crippen LogP contribution in [-0.2, 0) is 20.8 Å². The molecule has 8 heteroatoms. The summed E-state index contributed by atoms with van der Waals surface area (Å²) in [6, 6.07) is 3.07. The van der Waals surface area contributed by atoms with E-state index in [0.717, 1.165) is 4.88 Å². The number of hydrogen-bond donors (Lipinski definition) is 3. The van der Waals surface area contributed by atoms with Crippen LogP contribution in [-0.4, -0.2) is 47.6 Å². The highest BCUT2D eigenvalue weighted by Gasteiger charge is 2.29. The van der Waals surface area contributed by atoms with Crippen LogP contribution in [0.1, 0.15) is 31.6 Å². The summed E-state index contributed by atoms with van der Waals surface area (Å²) >= 11 is 1.51. The summed E-state index contributed by atoms with van der Waals surface area (Å²) in [5.41, 5.74) is 0. The van der Waals surface area contributed by atoms with E-state index in [2.05, 4.69) is 17.2 Å². The average molecular weight is 396 g/mol. The molecule has 0 spiro atoms. The minimum absolute atomic E-state index is 0.00586. The lowest BCUT2D eigenvalue weighted by Gasteiger charge is -2.23. The quantitative estimate of drug-likeness (QED) is 0.303. The van der Waals surface area contributed by atoms with Crippen molar-refractivity contribution in [1.82, 2.24) is 15.7 Å². The number of thiophene rings is 1. The number of amides is 3. The molecule has 0 aliphatic heterocycles. The fourth-order valence-electron chi connectivity index (χ4n) is 2.70. The van der Waals surface area contributed by atoms with E-state index in [1.807, 2.05) is 31.4 Å². The summed E-state index contributed by atoms with van der Waals surface area (Å²) in [6.45, 7) is 7.37. The number of hydrogen-bond acceptors (Lipinski definition) is 5. The first-order valence-electron chi connectivity index (χ1n) is 8.92. The zero-order valence-electron chi connectivity index (χ0n) is 16.1. The summed E-state index contributed by atoms with van der Waals surface area (Å²) < 4.78 is 0. The minimum atomic E-state index is -0.718. The van der Waals surface area contributed by atoms with Gasteiger partial charge in [0.1, 0.15) is 6.04 Å². The Morgan fingerprint density at radius 3 is 2.56 bits per heavy atom. The first-order valence-corrected chi connectivity index (χ1v) is 9.80. The molecule has 3 amide bonds. The maximum atomic E-state index is 12.8. The average Bonchev–Trinajstić information content (AvgIpc) is 3.12. The van der Waals surface area contributed by atoms with Gasteiger partial charge < -0.3 is 10.6 Å². The lowest BCUT2D eigenvalue weighted by molar-refractivity contribution is -0.165. The summed E-state index contributed by atoms with van der Waals surface area (Å²) in [4.78, 5) is 38.1. The van der Waals surface area contributed by atoms with E-state index in [-0.39, 0.29) is 30.7 Å². The summed E-state index contributed by atoms with van der Waals surface area (Å²) in [7, 11) is 1.52. The Hall–Kier alpha value is -2.19. The molecule has 1 aromatic heterocycles. The van der Waals surface area contributed by atoms with Gasteiger partial charge in [0.05, 0.1) is 6.54 Å².